The third kappa shape index (κ3) is 2.16. The summed E-state index contributed by atoms with van der Waals surface area (Å²) >= 11 is 0. The molecular formula is C11H16N2O3. The van der Waals surface area contributed by atoms with Crippen LogP contribution in [0.15, 0.2) is 12.3 Å². The Morgan fingerprint density at radius 2 is 2.38 bits per heavy atom. The number of aryl methyl sites for hydroxylation is 1. The van der Waals surface area contributed by atoms with Gasteiger partial charge in [0, 0.05) is 11.8 Å². The van der Waals surface area contributed by atoms with Gasteiger partial charge in [0.25, 0.3) is 0 Å². The molecule has 2 atom stereocenters. The zero-order chi connectivity index (χ0) is 11.5. The lowest BCUT2D eigenvalue weighted by Crippen LogP contribution is -2.34. The molecule has 5 nitrogen and oxygen atoms in total. The normalized spacial score (nSPS) is 23.0. The fraction of sp³-hybridized carbons (Fsp3) is 0.545. The fourth-order valence-electron chi connectivity index (χ4n) is 1.85. The first-order chi connectivity index (χ1) is 7.70. The topological polar surface area (TPSA) is 77.6 Å². The number of hydrogen-bond acceptors (Lipinski definition) is 5. The van der Waals surface area contributed by atoms with Gasteiger partial charge >= 0.3 is 0 Å². The molecular weight excluding hydrogens is 208 g/mol. The zero-order valence-corrected chi connectivity index (χ0v) is 9.22. The number of nitrogens with zero attached hydrogens (tertiary/aromatic N) is 1. The molecule has 1 aliphatic rings. The van der Waals surface area contributed by atoms with Crippen LogP contribution in [0.25, 0.3) is 0 Å². The first-order valence-electron chi connectivity index (χ1n) is 5.28. The predicted molar refractivity (Wildman–Crippen MR) is 58.9 cm³/mol. The first-order valence-corrected chi connectivity index (χ1v) is 5.28. The van der Waals surface area contributed by atoms with Crippen molar-refractivity contribution in [1.29, 1.82) is 0 Å². The van der Waals surface area contributed by atoms with Crippen molar-refractivity contribution in [2.45, 2.75) is 19.1 Å². The highest BCUT2D eigenvalue weighted by Crippen LogP contribution is 2.27. The second-order valence-corrected chi connectivity index (χ2v) is 3.86. The monoisotopic (exact) mass is 224 g/mol. The van der Waals surface area contributed by atoms with Crippen molar-refractivity contribution in [3.8, 4) is 0 Å². The lowest BCUT2D eigenvalue weighted by atomic mass is 10.0. The molecule has 2 heterocycles. The summed E-state index contributed by atoms with van der Waals surface area (Å²) in [6.45, 7) is 3.35. The molecule has 1 saturated heterocycles. The smallest absolute Gasteiger partial charge is 0.129 e. The molecule has 0 bridgehead atoms. The molecule has 5 heteroatoms. The lowest BCUT2D eigenvalue weighted by molar-refractivity contribution is -0.133. The molecule has 0 aliphatic carbocycles. The van der Waals surface area contributed by atoms with Gasteiger partial charge in [-0.2, -0.15) is 0 Å². The average molecular weight is 224 g/mol. The van der Waals surface area contributed by atoms with Crippen LogP contribution in [-0.4, -0.2) is 36.0 Å². The third-order valence-corrected chi connectivity index (χ3v) is 2.73. The maximum atomic E-state index is 10.2. The second-order valence-electron chi connectivity index (χ2n) is 3.86. The van der Waals surface area contributed by atoms with Crippen LogP contribution in [-0.2, 0) is 9.47 Å². The minimum absolute atomic E-state index is 0.349. The van der Waals surface area contributed by atoms with E-state index in [4.69, 9.17) is 15.2 Å². The van der Waals surface area contributed by atoms with Gasteiger partial charge in [-0.3, -0.25) is 0 Å². The summed E-state index contributed by atoms with van der Waals surface area (Å²) in [5, 5.41) is 10.2. The highest BCUT2D eigenvalue weighted by molar-refractivity contribution is 5.45. The summed E-state index contributed by atoms with van der Waals surface area (Å²) < 4.78 is 10.7. The van der Waals surface area contributed by atoms with Crippen molar-refractivity contribution in [2.75, 3.05) is 25.6 Å². The van der Waals surface area contributed by atoms with Gasteiger partial charge in [0.1, 0.15) is 18.0 Å². The molecule has 16 heavy (non-hydrogen) atoms. The highest BCUT2D eigenvalue weighted by Gasteiger charge is 2.27. The largest absolute Gasteiger partial charge is 0.385 e. The number of pyridine rings is 1. The molecule has 0 amide bonds. The number of nitrogen functional groups attached to an aromatic ring is 1. The molecule has 0 spiro atoms. The van der Waals surface area contributed by atoms with Gasteiger partial charge in [-0.05, 0) is 18.6 Å². The SMILES string of the molecule is Cc1ccnc(N)c1C(O)C1COCCO1. The van der Waals surface area contributed by atoms with Gasteiger partial charge in [-0.15, -0.1) is 0 Å². The Bertz CT molecular complexity index is 344. The number of hydrogen-bond donors (Lipinski definition) is 2. The summed E-state index contributed by atoms with van der Waals surface area (Å²) in [5.41, 5.74) is 7.31. The van der Waals surface area contributed by atoms with Crippen molar-refractivity contribution in [3.63, 3.8) is 0 Å². The second kappa shape index (κ2) is 4.78. The van der Waals surface area contributed by atoms with E-state index in [-0.39, 0.29) is 6.10 Å². The summed E-state index contributed by atoms with van der Waals surface area (Å²) in [4.78, 5) is 3.98. The Morgan fingerprint density at radius 1 is 1.56 bits per heavy atom. The van der Waals surface area contributed by atoms with Crippen LogP contribution in [0, 0.1) is 6.92 Å². The lowest BCUT2D eigenvalue weighted by Gasteiger charge is -2.28. The van der Waals surface area contributed by atoms with Crippen LogP contribution in [0.3, 0.4) is 0 Å². The van der Waals surface area contributed by atoms with E-state index >= 15 is 0 Å². The highest BCUT2D eigenvalue weighted by atomic mass is 16.6. The van der Waals surface area contributed by atoms with Gasteiger partial charge in [-0.25, -0.2) is 4.98 Å². The van der Waals surface area contributed by atoms with E-state index in [0.717, 1.165) is 5.56 Å². The number of anilines is 1. The van der Waals surface area contributed by atoms with Crippen LogP contribution in [0.4, 0.5) is 5.82 Å². The summed E-state index contributed by atoms with van der Waals surface area (Å²) in [6, 6.07) is 1.82. The maximum absolute atomic E-state index is 10.2. The summed E-state index contributed by atoms with van der Waals surface area (Å²) in [6.07, 6.45) is 0.479. The molecule has 0 saturated carbocycles. The molecule has 88 valence electrons. The van der Waals surface area contributed by atoms with Crippen molar-refractivity contribution in [2.24, 2.45) is 0 Å². The Morgan fingerprint density at radius 3 is 3.00 bits per heavy atom. The van der Waals surface area contributed by atoms with Crippen LogP contribution < -0.4 is 5.73 Å². The summed E-state index contributed by atoms with van der Waals surface area (Å²) in [7, 11) is 0. The molecule has 3 N–H and O–H groups in total. The van der Waals surface area contributed by atoms with E-state index < -0.39 is 6.10 Å². The van der Waals surface area contributed by atoms with Crippen molar-refractivity contribution in [1.82, 2.24) is 4.98 Å². The number of aliphatic hydroxyl groups is 1. The van der Waals surface area contributed by atoms with Gasteiger partial charge in [0.15, 0.2) is 0 Å². The van der Waals surface area contributed by atoms with Crippen LogP contribution in [0.5, 0.6) is 0 Å². The van der Waals surface area contributed by atoms with Gasteiger partial charge in [-0.1, -0.05) is 0 Å². The zero-order valence-electron chi connectivity index (χ0n) is 9.22. The Balaban J connectivity index is 2.22. The van der Waals surface area contributed by atoms with E-state index in [9.17, 15) is 5.11 Å². The average Bonchev–Trinajstić information content (AvgIpc) is 2.30. The Kier molecular flexibility index (Phi) is 3.38. The quantitative estimate of drug-likeness (QED) is 0.761. The number of rotatable bonds is 2. The van der Waals surface area contributed by atoms with E-state index in [1.54, 1.807) is 6.20 Å². The molecule has 1 aromatic heterocycles. The van der Waals surface area contributed by atoms with Crippen molar-refractivity contribution in [3.05, 3.63) is 23.4 Å². The number of ether oxygens (including phenoxy) is 2. The van der Waals surface area contributed by atoms with Crippen LogP contribution in [0.2, 0.25) is 0 Å². The Hall–Kier alpha value is -1.17. The van der Waals surface area contributed by atoms with Crippen molar-refractivity contribution < 1.29 is 14.6 Å². The number of aromatic nitrogens is 1. The summed E-state index contributed by atoms with van der Waals surface area (Å²) in [5.74, 6) is 0.349. The van der Waals surface area contributed by atoms with Crippen LogP contribution in [0.1, 0.15) is 17.2 Å². The number of aliphatic hydroxyl groups excluding tert-OH is 1. The molecule has 1 aromatic rings. The van der Waals surface area contributed by atoms with E-state index in [1.807, 2.05) is 13.0 Å². The molecule has 2 unspecified atom stereocenters. The van der Waals surface area contributed by atoms with Crippen molar-refractivity contribution >= 4 is 5.82 Å². The van der Waals surface area contributed by atoms with E-state index in [1.165, 1.54) is 0 Å². The van der Waals surface area contributed by atoms with Gasteiger partial charge in [0.2, 0.25) is 0 Å². The molecule has 0 aromatic carbocycles. The van der Waals surface area contributed by atoms with Gasteiger partial charge in [0.05, 0.1) is 19.8 Å². The fourth-order valence-corrected chi connectivity index (χ4v) is 1.85. The molecule has 1 fully saturated rings. The molecule has 2 rings (SSSR count). The van der Waals surface area contributed by atoms with E-state index in [0.29, 0.717) is 31.2 Å². The minimum atomic E-state index is -0.783. The van der Waals surface area contributed by atoms with Gasteiger partial charge < -0.3 is 20.3 Å². The molecule has 0 radical (unpaired) electrons. The van der Waals surface area contributed by atoms with Crippen LogP contribution >= 0.6 is 0 Å². The maximum Gasteiger partial charge on any atom is 0.129 e. The standard InChI is InChI=1S/C11H16N2O3/c1-7-2-3-13-11(12)9(7)10(14)8-6-15-4-5-16-8/h2-3,8,10,14H,4-6H2,1H3,(H2,12,13). The Labute approximate surface area is 94.2 Å². The molecule has 1 aliphatic heterocycles. The number of nitrogens with two attached hydrogens (primary N) is 1. The minimum Gasteiger partial charge on any atom is -0.385 e. The first kappa shape index (κ1) is 11.3. The van der Waals surface area contributed by atoms with E-state index in [2.05, 4.69) is 4.98 Å². The third-order valence-electron chi connectivity index (χ3n) is 2.73. The predicted octanol–water partition coefficient (Wildman–Crippen LogP) is 0.421.